The summed E-state index contributed by atoms with van der Waals surface area (Å²) in [5, 5.41) is 0. The molecule has 0 atom stereocenters. The van der Waals surface area contributed by atoms with Gasteiger partial charge >= 0.3 is 11.9 Å². The van der Waals surface area contributed by atoms with E-state index in [9.17, 15) is 9.59 Å². The molecule has 0 aromatic heterocycles. The van der Waals surface area contributed by atoms with Crippen LogP contribution in [0.1, 0.15) is 13.8 Å². The lowest BCUT2D eigenvalue weighted by atomic mass is 10.8. The average Bonchev–Trinajstić information content (AvgIpc) is 2.05. The van der Waals surface area contributed by atoms with Gasteiger partial charge in [-0.3, -0.25) is 9.59 Å². The molecule has 0 unspecified atom stereocenters. The van der Waals surface area contributed by atoms with E-state index in [1.54, 1.807) is 0 Å². The zero-order valence-corrected chi connectivity index (χ0v) is 9.62. The van der Waals surface area contributed by atoms with Crippen molar-refractivity contribution in [2.45, 2.75) is 13.8 Å². The van der Waals surface area contributed by atoms with E-state index in [0.717, 1.165) is 12.5 Å². The molecule has 0 radical (unpaired) electrons. The van der Waals surface area contributed by atoms with Gasteiger partial charge in [-0.15, -0.1) is 0 Å². The maximum Gasteiger partial charge on any atom is 0.307 e. The van der Waals surface area contributed by atoms with E-state index in [1.807, 2.05) is 0 Å². The van der Waals surface area contributed by atoms with Gasteiger partial charge in [0.15, 0.2) is 0 Å². The van der Waals surface area contributed by atoms with E-state index in [0.29, 0.717) is 0 Å². The highest BCUT2D eigenvalue weighted by Crippen LogP contribution is 1.70. The van der Waals surface area contributed by atoms with Crippen molar-refractivity contribution in [3.8, 4) is 0 Å². The van der Waals surface area contributed by atoms with Crippen LogP contribution in [-0.4, -0.2) is 11.9 Å². The molecule has 0 saturated carbocycles. The summed E-state index contributed by atoms with van der Waals surface area (Å²) in [5.74, 6) is -0.657. The molecule has 0 aliphatic heterocycles. The Morgan fingerprint density at radius 2 is 1.20 bits per heavy atom. The Hall–Kier alpha value is -1.55. The van der Waals surface area contributed by atoms with Gasteiger partial charge in [-0.25, -0.2) is 0 Å². The molecule has 15 heavy (non-hydrogen) atoms. The molecule has 5 heteroatoms. The zero-order valence-electron chi connectivity index (χ0n) is 8.86. The molecule has 0 rings (SSSR count). The largest absolute Gasteiger partial charge is 0.435 e. The van der Waals surface area contributed by atoms with E-state index in [-0.39, 0.29) is 11.9 Å². The third kappa shape index (κ3) is 68.7. The van der Waals surface area contributed by atoms with E-state index in [1.165, 1.54) is 19.4 Å². The summed E-state index contributed by atoms with van der Waals surface area (Å²) in [6.45, 7) is 12.1. The highest BCUT2D eigenvalue weighted by Gasteiger charge is 1.79. The Balaban J connectivity index is -0.000000153. The Kier molecular flexibility index (Phi) is 23.3. The van der Waals surface area contributed by atoms with Gasteiger partial charge in [0.25, 0.3) is 0 Å². The molecule has 0 aliphatic carbocycles. The number of esters is 2. The van der Waals surface area contributed by atoms with Gasteiger partial charge in [0.2, 0.25) is 0 Å². The smallest absolute Gasteiger partial charge is 0.307 e. The van der Waals surface area contributed by atoms with Crippen LogP contribution >= 0.6 is 11.6 Å². The first-order valence-corrected chi connectivity index (χ1v) is 4.17. The molecule has 0 heterocycles. The quantitative estimate of drug-likeness (QED) is 0.545. The van der Waals surface area contributed by atoms with Crippen LogP contribution in [0.5, 0.6) is 0 Å². The van der Waals surface area contributed by atoms with Crippen LogP contribution in [0.25, 0.3) is 0 Å². The van der Waals surface area contributed by atoms with Gasteiger partial charge in [0.1, 0.15) is 0 Å². The van der Waals surface area contributed by atoms with Gasteiger partial charge in [-0.05, 0) is 5.54 Å². The molecule has 0 N–H and O–H groups in total. The number of carbonyl (C=O) groups excluding carboxylic acids is 2. The van der Waals surface area contributed by atoms with Crippen molar-refractivity contribution < 1.29 is 19.1 Å². The van der Waals surface area contributed by atoms with Crippen molar-refractivity contribution in [3.05, 3.63) is 37.8 Å². The lowest BCUT2D eigenvalue weighted by Gasteiger charge is -1.83. The minimum absolute atomic E-state index is 0.329. The number of ether oxygens (including phenoxy) is 2. The van der Waals surface area contributed by atoms with Crippen molar-refractivity contribution >= 4 is 23.5 Å². The predicted molar refractivity (Wildman–Crippen MR) is 60.0 cm³/mol. The highest BCUT2D eigenvalue weighted by molar-refractivity contribution is 6.25. The number of hydrogen-bond acceptors (Lipinski definition) is 4. The molecule has 0 bridgehead atoms. The molecule has 0 aromatic carbocycles. The third-order valence-corrected chi connectivity index (χ3v) is 0.499. The van der Waals surface area contributed by atoms with Crippen LogP contribution in [0.4, 0.5) is 0 Å². The summed E-state index contributed by atoms with van der Waals surface area (Å²) >= 11 is 4.76. The first-order valence-electron chi connectivity index (χ1n) is 3.73. The second kappa shape index (κ2) is 18.3. The number of carbonyl (C=O) groups is 2. The summed E-state index contributed by atoms with van der Waals surface area (Å²) in [5.41, 5.74) is 1.22. The molecular weight excluding hydrogens is 220 g/mol. The summed E-state index contributed by atoms with van der Waals surface area (Å²) < 4.78 is 8.33. The fourth-order valence-corrected chi connectivity index (χ4v) is 0.235. The first-order chi connectivity index (χ1) is 6.95. The standard InChI is InChI=1S/2C4H6O2.C2H3Cl/c2*1-3-6-4(2)5;1-2-3/h2*3H,1H2,2H3;2H,1H2. The Labute approximate surface area is 94.8 Å². The number of halogens is 1. The molecule has 0 spiro atoms. The van der Waals surface area contributed by atoms with Crippen molar-refractivity contribution in [2.24, 2.45) is 0 Å². The average molecular weight is 235 g/mol. The van der Waals surface area contributed by atoms with Crippen molar-refractivity contribution in [2.75, 3.05) is 0 Å². The lowest BCUT2D eigenvalue weighted by molar-refractivity contribution is -0.136. The second-order valence-electron chi connectivity index (χ2n) is 1.71. The van der Waals surface area contributed by atoms with Crippen LogP contribution in [0.2, 0.25) is 0 Å². The highest BCUT2D eigenvalue weighted by atomic mass is 35.5. The molecule has 0 amide bonds. The van der Waals surface area contributed by atoms with Gasteiger partial charge in [0.05, 0.1) is 12.5 Å². The minimum atomic E-state index is -0.329. The minimum Gasteiger partial charge on any atom is -0.435 e. The molecule has 0 aromatic rings. The summed E-state index contributed by atoms with van der Waals surface area (Å²) in [4.78, 5) is 19.5. The van der Waals surface area contributed by atoms with Crippen LogP contribution in [0.3, 0.4) is 0 Å². The fourth-order valence-electron chi connectivity index (χ4n) is 0.235. The normalized spacial score (nSPS) is 6.33. The van der Waals surface area contributed by atoms with Crippen molar-refractivity contribution in [1.82, 2.24) is 0 Å². The Morgan fingerprint density at radius 1 is 1.00 bits per heavy atom. The zero-order chi connectivity index (χ0) is 12.7. The van der Waals surface area contributed by atoms with Crippen LogP contribution < -0.4 is 0 Å². The summed E-state index contributed by atoms with van der Waals surface area (Å²) in [7, 11) is 0. The number of hydrogen-bond donors (Lipinski definition) is 0. The van der Waals surface area contributed by atoms with Crippen LogP contribution in [-0.2, 0) is 19.1 Å². The van der Waals surface area contributed by atoms with Crippen LogP contribution in [0, 0.1) is 0 Å². The summed E-state index contributed by atoms with van der Waals surface area (Å²) in [6, 6.07) is 0. The topological polar surface area (TPSA) is 52.6 Å². The molecule has 0 aliphatic rings. The number of rotatable bonds is 2. The molecule has 86 valence electrons. The maximum absolute atomic E-state index is 9.75. The molecule has 0 fully saturated rings. The van der Waals surface area contributed by atoms with Gasteiger partial charge in [-0.2, -0.15) is 0 Å². The maximum atomic E-state index is 9.75. The third-order valence-electron chi connectivity index (χ3n) is 0.499. The molecule has 4 nitrogen and oxygen atoms in total. The van der Waals surface area contributed by atoms with E-state index in [4.69, 9.17) is 11.6 Å². The lowest BCUT2D eigenvalue weighted by Crippen LogP contribution is -1.87. The van der Waals surface area contributed by atoms with E-state index >= 15 is 0 Å². The second-order valence-corrected chi connectivity index (χ2v) is 2.02. The molecule has 0 saturated heterocycles. The fraction of sp³-hybridized carbons (Fsp3) is 0.200. The van der Waals surface area contributed by atoms with Gasteiger partial charge in [-0.1, -0.05) is 31.3 Å². The SMILES string of the molecule is C=CCl.C=COC(C)=O.C=COC(C)=O. The van der Waals surface area contributed by atoms with E-state index in [2.05, 4.69) is 29.2 Å². The first kappa shape index (κ1) is 19.1. The van der Waals surface area contributed by atoms with Crippen molar-refractivity contribution in [1.29, 1.82) is 0 Å². The van der Waals surface area contributed by atoms with E-state index < -0.39 is 0 Å². The Morgan fingerprint density at radius 3 is 1.20 bits per heavy atom. The Bertz CT molecular complexity index is 191. The predicted octanol–water partition coefficient (Wildman–Crippen LogP) is 2.75. The molecular formula is C10H15ClO4. The van der Waals surface area contributed by atoms with Gasteiger partial charge in [0, 0.05) is 13.8 Å². The monoisotopic (exact) mass is 234 g/mol. The summed E-state index contributed by atoms with van der Waals surface area (Å²) in [6.07, 6.45) is 2.20. The van der Waals surface area contributed by atoms with Crippen LogP contribution in [0.15, 0.2) is 37.8 Å². The van der Waals surface area contributed by atoms with Gasteiger partial charge < -0.3 is 9.47 Å². The van der Waals surface area contributed by atoms with Crippen molar-refractivity contribution in [3.63, 3.8) is 0 Å².